The molecule has 1 unspecified atom stereocenters. The van der Waals surface area contributed by atoms with E-state index < -0.39 is 6.10 Å². The Morgan fingerprint density at radius 2 is 2.31 bits per heavy atom. The molecule has 0 saturated heterocycles. The van der Waals surface area contributed by atoms with E-state index in [0.717, 1.165) is 4.88 Å². The van der Waals surface area contributed by atoms with Gasteiger partial charge in [-0.15, -0.1) is 11.3 Å². The normalized spacial score (nSPS) is 12.7. The predicted molar refractivity (Wildman–Crippen MR) is 61.9 cm³/mol. The zero-order valence-corrected chi connectivity index (χ0v) is 9.67. The highest BCUT2D eigenvalue weighted by Crippen LogP contribution is 2.24. The zero-order chi connectivity index (χ0) is 11.5. The Balaban J connectivity index is 2.21. The third-order valence-electron chi connectivity index (χ3n) is 2.46. The van der Waals surface area contributed by atoms with Gasteiger partial charge < -0.3 is 5.11 Å². The van der Waals surface area contributed by atoms with Crippen molar-refractivity contribution in [1.82, 2.24) is 4.98 Å². The summed E-state index contributed by atoms with van der Waals surface area (Å²) >= 11 is 1.46. The molecule has 1 heterocycles. The first kappa shape index (κ1) is 11.2. The summed E-state index contributed by atoms with van der Waals surface area (Å²) in [5.74, 6) is -0.320. The third-order valence-corrected chi connectivity index (χ3v) is 3.26. The van der Waals surface area contributed by atoms with E-state index in [0.29, 0.717) is 17.5 Å². The number of thiazole rings is 1. The maximum atomic E-state index is 13.7. The highest BCUT2D eigenvalue weighted by molar-refractivity contribution is 7.09. The standard InChI is InChI=1S/C12H12FNOS/c1-8-3-2-4-10(12(8)13)11(15)5-9-6-14-7-16-9/h2-4,6-7,11,15H,5H2,1H3. The van der Waals surface area contributed by atoms with Gasteiger partial charge in [0.2, 0.25) is 0 Å². The molecule has 0 aliphatic rings. The number of aryl methyl sites for hydroxylation is 1. The molecule has 1 aromatic heterocycles. The molecule has 0 aliphatic carbocycles. The van der Waals surface area contributed by atoms with Gasteiger partial charge >= 0.3 is 0 Å². The fourth-order valence-electron chi connectivity index (χ4n) is 1.57. The lowest BCUT2D eigenvalue weighted by Gasteiger charge is -2.11. The van der Waals surface area contributed by atoms with Gasteiger partial charge in [-0.25, -0.2) is 4.39 Å². The number of benzene rings is 1. The number of rotatable bonds is 3. The van der Waals surface area contributed by atoms with Crippen molar-refractivity contribution in [3.63, 3.8) is 0 Å². The maximum absolute atomic E-state index is 13.7. The van der Waals surface area contributed by atoms with Crippen LogP contribution in [0.3, 0.4) is 0 Å². The first-order chi connectivity index (χ1) is 7.68. The van der Waals surface area contributed by atoms with E-state index in [1.165, 1.54) is 11.3 Å². The van der Waals surface area contributed by atoms with E-state index in [2.05, 4.69) is 4.98 Å². The molecule has 2 rings (SSSR count). The van der Waals surface area contributed by atoms with Crippen LogP contribution in [0.1, 0.15) is 22.1 Å². The fraction of sp³-hybridized carbons (Fsp3) is 0.250. The number of hydrogen-bond acceptors (Lipinski definition) is 3. The predicted octanol–water partition coefficient (Wildman–Crippen LogP) is 2.87. The quantitative estimate of drug-likeness (QED) is 0.890. The number of halogens is 1. The third kappa shape index (κ3) is 2.28. The van der Waals surface area contributed by atoms with Crippen molar-refractivity contribution >= 4 is 11.3 Å². The topological polar surface area (TPSA) is 33.1 Å². The van der Waals surface area contributed by atoms with Crippen molar-refractivity contribution in [2.24, 2.45) is 0 Å². The maximum Gasteiger partial charge on any atom is 0.131 e. The van der Waals surface area contributed by atoms with Crippen molar-refractivity contribution in [2.45, 2.75) is 19.4 Å². The van der Waals surface area contributed by atoms with Crippen molar-refractivity contribution in [1.29, 1.82) is 0 Å². The van der Waals surface area contributed by atoms with Crippen LogP contribution in [-0.2, 0) is 6.42 Å². The fourth-order valence-corrected chi connectivity index (χ4v) is 2.20. The van der Waals surface area contributed by atoms with Crippen molar-refractivity contribution in [2.75, 3.05) is 0 Å². The lowest BCUT2D eigenvalue weighted by atomic mass is 10.0. The monoisotopic (exact) mass is 237 g/mol. The van der Waals surface area contributed by atoms with Crippen LogP contribution in [0.5, 0.6) is 0 Å². The van der Waals surface area contributed by atoms with Gasteiger partial charge in [0, 0.05) is 23.1 Å². The number of aromatic nitrogens is 1. The molecule has 0 aliphatic heterocycles. The number of hydrogen-bond donors (Lipinski definition) is 1. The van der Waals surface area contributed by atoms with E-state index in [-0.39, 0.29) is 5.82 Å². The van der Waals surface area contributed by atoms with Crippen LogP contribution >= 0.6 is 11.3 Å². The molecule has 0 radical (unpaired) electrons. The van der Waals surface area contributed by atoms with Crippen LogP contribution in [0, 0.1) is 12.7 Å². The molecule has 16 heavy (non-hydrogen) atoms. The second-order valence-electron chi connectivity index (χ2n) is 3.67. The van der Waals surface area contributed by atoms with Crippen LogP contribution in [0.15, 0.2) is 29.9 Å². The smallest absolute Gasteiger partial charge is 0.131 e. The summed E-state index contributed by atoms with van der Waals surface area (Å²) in [4.78, 5) is 4.87. The summed E-state index contributed by atoms with van der Waals surface area (Å²) in [5.41, 5.74) is 2.61. The van der Waals surface area contributed by atoms with E-state index >= 15 is 0 Å². The molecule has 0 spiro atoms. The van der Waals surface area contributed by atoms with Crippen molar-refractivity contribution < 1.29 is 9.50 Å². The average Bonchev–Trinajstić information content (AvgIpc) is 2.74. The number of aliphatic hydroxyl groups is 1. The van der Waals surface area contributed by atoms with Crippen LogP contribution in [0.2, 0.25) is 0 Å². The second-order valence-corrected chi connectivity index (χ2v) is 4.64. The summed E-state index contributed by atoms with van der Waals surface area (Å²) in [6.45, 7) is 1.69. The Bertz CT molecular complexity index is 470. The molecular formula is C12H12FNOS. The summed E-state index contributed by atoms with van der Waals surface area (Å²) in [7, 11) is 0. The Hall–Kier alpha value is -1.26. The molecule has 2 nitrogen and oxygen atoms in total. The molecule has 0 bridgehead atoms. The largest absolute Gasteiger partial charge is 0.388 e. The van der Waals surface area contributed by atoms with E-state index in [1.54, 1.807) is 36.8 Å². The van der Waals surface area contributed by atoms with Crippen molar-refractivity contribution in [3.05, 3.63) is 51.7 Å². The molecule has 1 N–H and O–H groups in total. The SMILES string of the molecule is Cc1cccc(C(O)Cc2cncs2)c1F. The molecule has 84 valence electrons. The van der Waals surface area contributed by atoms with Crippen LogP contribution in [0.25, 0.3) is 0 Å². The number of nitrogens with zero attached hydrogens (tertiary/aromatic N) is 1. The zero-order valence-electron chi connectivity index (χ0n) is 8.85. The minimum Gasteiger partial charge on any atom is -0.388 e. The van der Waals surface area contributed by atoms with E-state index in [4.69, 9.17) is 0 Å². The highest BCUT2D eigenvalue weighted by atomic mass is 32.1. The summed E-state index contributed by atoms with van der Waals surface area (Å²) in [6.07, 6.45) is 1.30. The van der Waals surface area contributed by atoms with Gasteiger partial charge in [0.15, 0.2) is 0 Å². The average molecular weight is 237 g/mol. The first-order valence-electron chi connectivity index (χ1n) is 4.99. The molecule has 1 atom stereocenters. The van der Waals surface area contributed by atoms with Gasteiger partial charge in [-0.3, -0.25) is 4.98 Å². The minimum atomic E-state index is -0.805. The lowest BCUT2D eigenvalue weighted by Crippen LogP contribution is -2.04. The minimum absolute atomic E-state index is 0.320. The molecule has 2 aromatic rings. The summed E-state index contributed by atoms with van der Waals surface area (Å²) in [6, 6.07) is 5.07. The summed E-state index contributed by atoms with van der Waals surface area (Å²) < 4.78 is 13.7. The molecule has 1 aromatic carbocycles. The first-order valence-corrected chi connectivity index (χ1v) is 5.87. The molecular weight excluding hydrogens is 225 g/mol. The van der Waals surface area contributed by atoms with Gasteiger partial charge in [0.25, 0.3) is 0 Å². The van der Waals surface area contributed by atoms with Crippen LogP contribution in [-0.4, -0.2) is 10.1 Å². The van der Waals surface area contributed by atoms with Gasteiger partial charge in [0.1, 0.15) is 5.82 Å². The van der Waals surface area contributed by atoms with Crippen LogP contribution < -0.4 is 0 Å². The Kier molecular flexibility index (Phi) is 3.31. The van der Waals surface area contributed by atoms with Crippen molar-refractivity contribution in [3.8, 4) is 0 Å². The second kappa shape index (κ2) is 4.72. The molecule has 4 heteroatoms. The van der Waals surface area contributed by atoms with Gasteiger partial charge in [0.05, 0.1) is 11.6 Å². The van der Waals surface area contributed by atoms with Gasteiger partial charge in [-0.1, -0.05) is 18.2 Å². The molecule has 0 saturated carbocycles. The van der Waals surface area contributed by atoms with Crippen LogP contribution in [0.4, 0.5) is 4.39 Å². The Morgan fingerprint density at radius 3 is 3.00 bits per heavy atom. The molecule has 0 fully saturated rings. The summed E-state index contributed by atoms with van der Waals surface area (Å²) in [5, 5.41) is 9.94. The highest BCUT2D eigenvalue weighted by Gasteiger charge is 2.15. The van der Waals surface area contributed by atoms with E-state index in [1.807, 2.05) is 0 Å². The molecule has 0 amide bonds. The lowest BCUT2D eigenvalue weighted by molar-refractivity contribution is 0.174. The Labute approximate surface area is 97.4 Å². The van der Waals surface area contributed by atoms with Gasteiger partial charge in [-0.2, -0.15) is 0 Å². The van der Waals surface area contributed by atoms with Gasteiger partial charge in [-0.05, 0) is 12.5 Å². The Morgan fingerprint density at radius 1 is 1.50 bits per heavy atom. The number of aliphatic hydroxyl groups excluding tert-OH is 1. The van der Waals surface area contributed by atoms with E-state index in [9.17, 15) is 9.50 Å².